The Kier molecular flexibility index (Phi) is 5.05. The molecule has 0 spiro atoms. The lowest BCUT2D eigenvalue weighted by atomic mass is 9.64. The molecule has 4 nitrogen and oxygen atoms in total. The molecule has 1 amide bonds. The molecule has 2 atom stereocenters. The molecule has 0 radical (unpaired) electrons. The number of ketones is 1. The second-order valence-corrected chi connectivity index (χ2v) is 10.7. The van der Waals surface area contributed by atoms with E-state index in [1.165, 1.54) is 11.1 Å². The minimum atomic E-state index is -0.515. The Morgan fingerprint density at radius 1 is 0.812 bits per heavy atom. The van der Waals surface area contributed by atoms with Crippen LogP contribution in [0, 0.1) is 16.2 Å². The van der Waals surface area contributed by atoms with E-state index in [0.717, 1.165) is 39.0 Å². The second-order valence-electron chi connectivity index (χ2n) is 10.7. The van der Waals surface area contributed by atoms with Crippen LogP contribution in [0.25, 0.3) is 0 Å². The van der Waals surface area contributed by atoms with E-state index in [1.807, 2.05) is 0 Å². The summed E-state index contributed by atoms with van der Waals surface area (Å²) in [6, 6.07) is 21.5. The maximum absolute atomic E-state index is 13.9. The molecule has 2 bridgehead atoms. The van der Waals surface area contributed by atoms with Crippen molar-refractivity contribution < 1.29 is 9.59 Å². The monoisotopic (exact) mass is 430 g/mol. The highest BCUT2D eigenvalue weighted by Crippen LogP contribution is 2.71. The Labute approximate surface area is 191 Å². The molecule has 2 aromatic rings. The maximum atomic E-state index is 13.9. The second kappa shape index (κ2) is 7.55. The van der Waals surface area contributed by atoms with E-state index >= 15 is 0 Å². The van der Waals surface area contributed by atoms with Crippen LogP contribution in [0.3, 0.4) is 0 Å². The van der Waals surface area contributed by atoms with Gasteiger partial charge in [0.25, 0.3) is 0 Å². The number of hydrogen-bond donors (Lipinski definition) is 0. The van der Waals surface area contributed by atoms with Gasteiger partial charge >= 0.3 is 0 Å². The molecule has 2 aliphatic carbocycles. The van der Waals surface area contributed by atoms with Crippen molar-refractivity contribution in [3.63, 3.8) is 0 Å². The van der Waals surface area contributed by atoms with Crippen LogP contribution in [0.1, 0.15) is 57.2 Å². The van der Waals surface area contributed by atoms with Crippen LogP contribution < -0.4 is 0 Å². The lowest BCUT2D eigenvalue weighted by molar-refractivity contribution is -0.149. The highest BCUT2D eigenvalue weighted by atomic mass is 16.2. The molecule has 1 saturated heterocycles. The predicted molar refractivity (Wildman–Crippen MR) is 126 cm³/mol. The van der Waals surface area contributed by atoms with Crippen LogP contribution in [-0.4, -0.2) is 47.7 Å². The molecule has 4 heteroatoms. The van der Waals surface area contributed by atoms with Gasteiger partial charge < -0.3 is 4.90 Å². The minimum absolute atomic E-state index is 0.187. The number of Topliss-reactive ketones (excluding diaryl/α,β-unsaturated/α-hetero) is 1. The summed E-state index contributed by atoms with van der Waals surface area (Å²) in [5, 5.41) is 0. The van der Waals surface area contributed by atoms with Gasteiger partial charge in [0.15, 0.2) is 0 Å². The Morgan fingerprint density at radius 2 is 1.34 bits per heavy atom. The van der Waals surface area contributed by atoms with Crippen LogP contribution in [0.15, 0.2) is 60.7 Å². The van der Waals surface area contributed by atoms with Gasteiger partial charge in [-0.3, -0.25) is 14.5 Å². The van der Waals surface area contributed by atoms with Crippen molar-refractivity contribution in [2.75, 3.05) is 26.2 Å². The lowest BCUT2D eigenvalue weighted by Gasteiger charge is -2.45. The first kappa shape index (κ1) is 21.4. The SMILES string of the molecule is CC1(C)[C@@]2(C(=O)N3CCN(C(c4ccccc4)c4ccccc4)CC3)CC[C@]1(C)C(=O)C2. The van der Waals surface area contributed by atoms with Gasteiger partial charge in [-0.2, -0.15) is 0 Å². The maximum Gasteiger partial charge on any atom is 0.229 e. The third kappa shape index (κ3) is 2.92. The fraction of sp³-hybridized carbons (Fsp3) is 0.500. The van der Waals surface area contributed by atoms with E-state index in [1.54, 1.807) is 0 Å². The number of carbonyl (C=O) groups excluding carboxylic acids is 2. The van der Waals surface area contributed by atoms with Crippen LogP contribution in [0.2, 0.25) is 0 Å². The molecule has 3 aliphatic rings. The summed E-state index contributed by atoms with van der Waals surface area (Å²) < 4.78 is 0. The normalized spacial score (nSPS) is 29.6. The average molecular weight is 431 g/mol. The van der Waals surface area contributed by atoms with Gasteiger partial charge in [-0.15, -0.1) is 0 Å². The molecule has 1 heterocycles. The zero-order chi connectivity index (χ0) is 22.6. The van der Waals surface area contributed by atoms with E-state index < -0.39 is 5.41 Å². The summed E-state index contributed by atoms with van der Waals surface area (Å²) in [5.74, 6) is 0.502. The number of amides is 1. The fourth-order valence-electron chi connectivity index (χ4n) is 6.70. The summed E-state index contributed by atoms with van der Waals surface area (Å²) in [5.41, 5.74) is 1.43. The van der Waals surface area contributed by atoms with Gasteiger partial charge in [-0.1, -0.05) is 81.4 Å². The van der Waals surface area contributed by atoms with Crippen molar-refractivity contribution in [2.45, 2.75) is 46.1 Å². The van der Waals surface area contributed by atoms with Crippen molar-refractivity contribution in [1.82, 2.24) is 9.80 Å². The molecule has 0 N–H and O–H groups in total. The van der Waals surface area contributed by atoms with Crippen molar-refractivity contribution >= 4 is 11.7 Å². The first-order valence-corrected chi connectivity index (χ1v) is 12.0. The standard InChI is InChI=1S/C28H34N2O2/c1-26(2)27(3)14-15-28(26,20-23(27)31)25(32)30-18-16-29(17-19-30)24(21-10-6-4-7-11-21)22-12-8-5-9-13-22/h4-13,24H,14-20H2,1-3H3/t27-,28+/m1/s1. The molecule has 5 rings (SSSR count). The minimum Gasteiger partial charge on any atom is -0.340 e. The van der Waals surface area contributed by atoms with Gasteiger partial charge in [-0.25, -0.2) is 0 Å². The van der Waals surface area contributed by atoms with Gasteiger partial charge in [0.2, 0.25) is 5.91 Å². The lowest BCUT2D eigenvalue weighted by Crippen LogP contribution is -2.55. The molecule has 3 fully saturated rings. The molecule has 2 aromatic carbocycles. The highest BCUT2D eigenvalue weighted by molar-refractivity contribution is 5.99. The Hall–Kier alpha value is -2.46. The van der Waals surface area contributed by atoms with E-state index in [0.29, 0.717) is 6.42 Å². The average Bonchev–Trinajstić information content (AvgIpc) is 3.11. The van der Waals surface area contributed by atoms with Crippen LogP contribution in [0.5, 0.6) is 0 Å². The Bertz CT molecular complexity index is 971. The number of rotatable bonds is 4. The number of piperazine rings is 1. The van der Waals surface area contributed by atoms with E-state index in [2.05, 4.69) is 91.2 Å². The molecule has 0 aromatic heterocycles. The quantitative estimate of drug-likeness (QED) is 0.706. The van der Waals surface area contributed by atoms with Crippen molar-refractivity contribution in [2.24, 2.45) is 16.2 Å². The Balaban J connectivity index is 1.36. The molecular formula is C28H34N2O2. The van der Waals surface area contributed by atoms with Gasteiger partial charge in [0.05, 0.1) is 11.5 Å². The zero-order valence-electron chi connectivity index (χ0n) is 19.5. The molecule has 2 saturated carbocycles. The van der Waals surface area contributed by atoms with E-state index in [4.69, 9.17) is 0 Å². The molecule has 168 valence electrons. The highest BCUT2D eigenvalue weighted by Gasteiger charge is 2.73. The smallest absolute Gasteiger partial charge is 0.229 e. The first-order valence-electron chi connectivity index (χ1n) is 12.0. The van der Waals surface area contributed by atoms with Crippen LogP contribution in [-0.2, 0) is 9.59 Å². The summed E-state index contributed by atoms with van der Waals surface area (Å²) >= 11 is 0. The van der Waals surface area contributed by atoms with Gasteiger partial charge in [-0.05, 0) is 29.4 Å². The largest absolute Gasteiger partial charge is 0.340 e. The van der Waals surface area contributed by atoms with Gasteiger partial charge in [0.1, 0.15) is 5.78 Å². The summed E-state index contributed by atoms with van der Waals surface area (Å²) in [4.78, 5) is 31.2. The van der Waals surface area contributed by atoms with E-state index in [9.17, 15) is 9.59 Å². The predicted octanol–water partition coefficient (Wildman–Crippen LogP) is 4.71. The summed E-state index contributed by atoms with van der Waals surface area (Å²) in [7, 11) is 0. The van der Waals surface area contributed by atoms with E-state index in [-0.39, 0.29) is 28.6 Å². The molecular weight excluding hydrogens is 396 g/mol. The number of carbonyl (C=O) groups is 2. The number of fused-ring (bicyclic) bond motifs is 2. The Morgan fingerprint density at radius 3 is 1.78 bits per heavy atom. The number of nitrogens with zero attached hydrogens (tertiary/aromatic N) is 2. The van der Waals surface area contributed by atoms with Crippen molar-refractivity contribution in [3.05, 3.63) is 71.8 Å². The van der Waals surface area contributed by atoms with Crippen LogP contribution >= 0.6 is 0 Å². The van der Waals surface area contributed by atoms with Gasteiger partial charge in [0, 0.05) is 38.0 Å². The summed E-state index contributed by atoms with van der Waals surface area (Å²) in [6.07, 6.45) is 2.11. The van der Waals surface area contributed by atoms with Crippen LogP contribution in [0.4, 0.5) is 0 Å². The third-order valence-electron chi connectivity index (χ3n) is 9.31. The van der Waals surface area contributed by atoms with Crippen molar-refractivity contribution in [3.8, 4) is 0 Å². The topological polar surface area (TPSA) is 40.6 Å². The number of hydrogen-bond acceptors (Lipinski definition) is 3. The number of benzene rings is 2. The first-order chi connectivity index (χ1) is 15.3. The zero-order valence-corrected chi connectivity index (χ0v) is 19.5. The molecule has 0 unspecified atom stereocenters. The fourth-order valence-corrected chi connectivity index (χ4v) is 6.70. The molecule has 32 heavy (non-hydrogen) atoms. The molecule has 1 aliphatic heterocycles. The van der Waals surface area contributed by atoms with Crippen molar-refractivity contribution in [1.29, 1.82) is 0 Å². The summed E-state index contributed by atoms with van der Waals surface area (Å²) in [6.45, 7) is 9.50. The third-order valence-corrected chi connectivity index (χ3v) is 9.31.